The van der Waals surface area contributed by atoms with Crippen molar-refractivity contribution in [2.75, 3.05) is 25.0 Å². The summed E-state index contributed by atoms with van der Waals surface area (Å²) in [5, 5.41) is 3.35. The molecule has 1 fully saturated rings. The number of amides is 1. The van der Waals surface area contributed by atoms with Gasteiger partial charge in [0.25, 0.3) is 0 Å². The number of nitrogens with one attached hydrogen (secondary N) is 1. The highest BCUT2D eigenvalue weighted by Crippen LogP contribution is 2.33. The van der Waals surface area contributed by atoms with Crippen LogP contribution in [-0.2, 0) is 4.79 Å². The van der Waals surface area contributed by atoms with Gasteiger partial charge in [-0.05, 0) is 36.8 Å². The van der Waals surface area contributed by atoms with Gasteiger partial charge in [0, 0.05) is 25.3 Å². The van der Waals surface area contributed by atoms with Gasteiger partial charge in [0.2, 0.25) is 5.91 Å². The number of fused-ring (bicyclic) bond motifs is 1. The predicted molar refractivity (Wildman–Crippen MR) is 77.3 cm³/mol. The van der Waals surface area contributed by atoms with Crippen molar-refractivity contribution >= 4 is 11.6 Å². The van der Waals surface area contributed by atoms with E-state index in [0.717, 1.165) is 44.1 Å². The highest BCUT2D eigenvalue weighted by Gasteiger charge is 2.32. The molecular formula is C16H22N2O. The lowest BCUT2D eigenvalue weighted by Gasteiger charge is -2.24. The number of para-hydroxylation sites is 1. The normalized spacial score (nSPS) is 26.5. The summed E-state index contributed by atoms with van der Waals surface area (Å²) in [5.41, 5.74) is 2.30. The van der Waals surface area contributed by atoms with Crippen LogP contribution in [0.3, 0.4) is 0 Å². The maximum Gasteiger partial charge on any atom is 0.231 e. The molecule has 3 heteroatoms. The molecule has 3 rings (SSSR count). The number of hydrogen-bond acceptors (Lipinski definition) is 2. The number of rotatable bonds is 1. The summed E-state index contributed by atoms with van der Waals surface area (Å²) in [6, 6.07) is 8.19. The number of anilines is 1. The minimum absolute atomic E-state index is 0.0182. The predicted octanol–water partition coefficient (Wildman–Crippen LogP) is 2.84. The van der Waals surface area contributed by atoms with Crippen molar-refractivity contribution in [2.24, 2.45) is 5.92 Å². The minimum Gasteiger partial charge on any atom is -0.384 e. The smallest absolute Gasteiger partial charge is 0.231 e. The Morgan fingerprint density at radius 2 is 2.11 bits per heavy atom. The lowest BCUT2D eigenvalue weighted by molar-refractivity contribution is -0.132. The molecule has 1 aromatic rings. The fourth-order valence-corrected chi connectivity index (χ4v) is 3.21. The molecule has 0 saturated carbocycles. The van der Waals surface area contributed by atoms with Crippen LogP contribution < -0.4 is 5.32 Å². The Hall–Kier alpha value is -1.51. The molecule has 3 nitrogen and oxygen atoms in total. The van der Waals surface area contributed by atoms with Gasteiger partial charge < -0.3 is 10.2 Å². The molecule has 2 atom stereocenters. The zero-order valence-electron chi connectivity index (χ0n) is 11.6. The monoisotopic (exact) mass is 258 g/mol. The van der Waals surface area contributed by atoms with Gasteiger partial charge in [-0.1, -0.05) is 25.1 Å². The molecule has 2 aliphatic rings. The van der Waals surface area contributed by atoms with Crippen molar-refractivity contribution in [3.05, 3.63) is 29.8 Å². The zero-order valence-corrected chi connectivity index (χ0v) is 11.6. The van der Waals surface area contributed by atoms with E-state index < -0.39 is 0 Å². The standard InChI is InChI=1S/C16H22N2O/c1-12-5-4-9-18(10-8-12)16(19)14-11-17-15-7-3-2-6-13(14)15/h2-3,6-7,12,14,17H,4-5,8-11H2,1H3. The van der Waals surface area contributed by atoms with Gasteiger partial charge >= 0.3 is 0 Å². The largest absolute Gasteiger partial charge is 0.384 e. The zero-order chi connectivity index (χ0) is 13.2. The number of benzene rings is 1. The third-order valence-corrected chi connectivity index (χ3v) is 4.46. The molecule has 0 bridgehead atoms. The Balaban J connectivity index is 1.74. The molecule has 19 heavy (non-hydrogen) atoms. The lowest BCUT2D eigenvalue weighted by atomic mass is 9.99. The highest BCUT2D eigenvalue weighted by molar-refractivity contribution is 5.88. The van der Waals surface area contributed by atoms with Gasteiger partial charge in [-0.15, -0.1) is 0 Å². The van der Waals surface area contributed by atoms with E-state index in [1.807, 2.05) is 12.1 Å². The maximum atomic E-state index is 12.7. The lowest BCUT2D eigenvalue weighted by Crippen LogP contribution is -2.36. The molecule has 1 saturated heterocycles. The molecule has 0 radical (unpaired) electrons. The summed E-state index contributed by atoms with van der Waals surface area (Å²) in [6.07, 6.45) is 3.55. The average Bonchev–Trinajstić information content (AvgIpc) is 2.74. The second-order valence-electron chi connectivity index (χ2n) is 5.88. The third kappa shape index (κ3) is 2.46. The second-order valence-corrected chi connectivity index (χ2v) is 5.88. The number of carbonyl (C=O) groups excluding carboxylic acids is 1. The van der Waals surface area contributed by atoms with Gasteiger partial charge in [-0.25, -0.2) is 0 Å². The van der Waals surface area contributed by atoms with Crippen LogP contribution in [0.1, 0.15) is 37.7 Å². The van der Waals surface area contributed by atoms with Crippen LogP contribution in [0.25, 0.3) is 0 Å². The Morgan fingerprint density at radius 3 is 3.00 bits per heavy atom. The van der Waals surface area contributed by atoms with Crippen molar-refractivity contribution in [1.29, 1.82) is 0 Å². The topological polar surface area (TPSA) is 32.3 Å². The van der Waals surface area contributed by atoms with Crippen LogP contribution in [0.2, 0.25) is 0 Å². The van der Waals surface area contributed by atoms with Crippen molar-refractivity contribution in [2.45, 2.75) is 32.1 Å². The molecule has 2 heterocycles. The first-order valence-electron chi connectivity index (χ1n) is 7.37. The van der Waals surface area contributed by atoms with Gasteiger partial charge in [0.05, 0.1) is 5.92 Å². The van der Waals surface area contributed by atoms with Crippen LogP contribution in [0.5, 0.6) is 0 Å². The fraction of sp³-hybridized carbons (Fsp3) is 0.562. The second kappa shape index (κ2) is 5.24. The molecule has 102 valence electrons. The maximum absolute atomic E-state index is 12.7. The molecule has 2 unspecified atom stereocenters. The molecule has 0 spiro atoms. The van der Waals surface area contributed by atoms with Crippen molar-refractivity contribution in [3.8, 4) is 0 Å². The molecule has 1 amide bonds. The van der Waals surface area contributed by atoms with E-state index in [0.29, 0.717) is 5.91 Å². The first-order chi connectivity index (χ1) is 9.25. The summed E-state index contributed by atoms with van der Waals surface area (Å²) in [6.45, 7) is 4.91. The van der Waals surface area contributed by atoms with Crippen LogP contribution in [0.15, 0.2) is 24.3 Å². The summed E-state index contributed by atoms with van der Waals surface area (Å²) >= 11 is 0. The Kier molecular flexibility index (Phi) is 3.45. The Morgan fingerprint density at radius 1 is 1.26 bits per heavy atom. The minimum atomic E-state index is 0.0182. The molecule has 0 aromatic heterocycles. The summed E-state index contributed by atoms with van der Waals surface area (Å²) in [4.78, 5) is 14.8. The van der Waals surface area contributed by atoms with E-state index in [2.05, 4.69) is 29.3 Å². The van der Waals surface area contributed by atoms with Gasteiger partial charge in [-0.2, -0.15) is 0 Å². The van der Waals surface area contributed by atoms with E-state index in [1.165, 1.54) is 12.0 Å². The van der Waals surface area contributed by atoms with Gasteiger partial charge in [0.1, 0.15) is 0 Å². The molecular weight excluding hydrogens is 236 g/mol. The average molecular weight is 258 g/mol. The Bertz CT molecular complexity index is 472. The van der Waals surface area contributed by atoms with Crippen molar-refractivity contribution in [3.63, 3.8) is 0 Å². The van der Waals surface area contributed by atoms with Crippen LogP contribution >= 0.6 is 0 Å². The van der Waals surface area contributed by atoms with Gasteiger partial charge in [-0.3, -0.25) is 4.79 Å². The van der Waals surface area contributed by atoms with E-state index in [9.17, 15) is 4.79 Å². The first-order valence-corrected chi connectivity index (χ1v) is 7.37. The van der Waals surface area contributed by atoms with Gasteiger partial charge in [0.15, 0.2) is 0 Å². The van der Waals surface area contributed by atoms with E-state index in [-0.39, 0.29) is 5.92 Å². The molecule has 2 aliphatic heterocycles. The first kappa shape index (κ1) is 12.5. The highest BCUT2D eigenvalue weighted by atomic mass is 16.2. The van der Waals surface area contributed by atoms with Crippen LogP contribution in [-0.4, -0.2) is 30.4 Å². The SMILES string of the molecule is CC1CCCN(C(=O)C2CNc3ccccc32)CC1. The van der Waals surface area contributed by atoms with Crippen molar-refractivity contribution < 1.29 is 4.79 Å². The number of carbonyl (C=O) groups is 1. The molecule has 1 aromatic carbocycles. The van der Waals surface area contributed by atoms with E-state index >= 15 is 0 Å². The Labute approximate surface area is 115 Å². The van der Waals surface area contributed by atoms with Crippen molar-refractivity contribution in [1.82, 2.24) is 4.90 Å². The number of likely N-dealkylation sites (tertiary alicyclic amines) is 1. The molecule has 0 aliphatic carbocycles. The molecule has 1 N–H and O–H groups in total. The number of hydrogen-bond donors (Lipinski definition) is 1. The summed E-state index contributed by atoms with van der Waals surface area (Å²) in [7, 11) is 0. The summed E-state index contributed by atoms with van der Waals surface area (Å²) in [5.74, 6) is 1.09. The fourth-order valence-electron chi connectivity index (χ4n) is 3.21. The number of nitrogens with zero attached hydrogens (tertiary/aromatic N) is 1. The van der Waals surface area contributed by atoms with E-state index in [4.69, 9.17) is 0 Å². The third-order valence-electron chi connectivity index (χ3n) is 4.46. The van der Waals surface area contributed by atoms with E-state index in [1.54, 1.807) is 0 Å². The quantitative estimate of drug-likeness (QED) is 0.840. The van der Waals surface area contributed by atoms with Crippen LogP contribution in [0, 0.1) is 5.92 Å². The van der Waals surface area contributed by atoms with Crippen LogP contribution in [0.4, 0.5) is 5.69 Å². The summed E-state index contributed by atoms with van der Waals surface area (Å²) < 4.78 is 0.